The van der Waals surface area contributed by atoms with Crippen LogP contribution in [0.3, 0.4) is 0 Å². The van der Waals surface area contributed by atoms with Crippen LogP contribution in [-0.4, -0.2) is 64.8 Å². The molecule has 0 bridgehead atoms. The fraction of sp³-hybridized carbons (Fsp3) is 0.500. The Morgan fingerprint density at radius 3 is 2.77 bits per heavy atom. The van der Waals surface area contributed by atoms with E-state index in [1.54, 1.807) is 4.68 Å². The Kier molecular flexibility index (Phi) is 5.19. The number of benzene rings is 1. The summed E-state index contributed by atoms with van der Waals surface area (Å²) in [5.74, 6) is 1.17. The Hall–Kier alpha value is -1.96. The van der Waals surface area contributed by atoms with E-state index in [2.05, 4.69) is 25.6 Å². The lowest BCUT2D eigenvalue weighted by Crippen LogP contribution is -2.46. The highest BCUT2D eigenvalue weighted by Crippen LogP contribution is 2.40. The van der Waals surface area contributed by atoms with E-state index < -0.39 is 0 Å². The Balaban J connectivity index is 1.45. The number of hydrogen-bond acceptors (Lipinski definition) is 5. The molecule has 1 aliphatic heterocycles. The number of carbonyl (C=O) groups excluding carboxylic acids is 1. The van der Waals surface area contributed by atoms with Crippen LogP contribution in [0.5, 0.6) is 0 Å². The molecule has 2 heterocycles. The van der Waals surface area contributed by atoms with E-state index in [-0.39, 0.29) is 11.7 Å². The Bertz CT molecular complexity index is 782. The molecule has 0 spiro atoms. The second-order valence-corrected chi connectivity index (χ2v) is 7.19. The first-order valence-electron chi connectivity index (χ1n) is 9.15. The van der Waals surface area contributed by atoms with Gasteiger partial charge in [-0.1, -0.05) is 23.7 Å². The van der Waals surface area contributed by atoms with Gasteiger partial charge in [-0.2, -0.15) is 0 Å². The van der Waals surface area contributed by atoms with Crippen molar-refractivity contribution in [2.45, 2.75) is 18.8 Å². The summed E-state index contributed by atoms with van der Waals surface area (Å²) in [4.78, 5) is 19.3. The van der Waals surface area contributed by atoms with Gasteiger partial charge in [-0.05, 0) is 25.0 Å². The van der Waals surface area contributed by atoms with Gasteiger partial charge in [0.2, 0.25) is 5.82 Å². The summed E-state index contributed by atoms with van der Waals surface area (Å²) >= 11 is 6.31. The predicted molar refractivity (Wildman–Crippen MR) is 100.0 cm³/mol. The molecule has 2 aliphatic rings. The SMILES string of the molecule is O=C(NCCN1CCNCC1)c1nc(C2CC2)n(-c2ccccc2Cl)n1. The van der Waals surface area contributed by atoms with E-state index in [9.17, 15) is 4.79 Å². The zero-order valence-corrected chi connectivity index (χ0v) is 15.4. The first kappa shape index (κ1) is 17.5. The summed E-state index contributed by atoms with van der Waals surface area (Å²) in [6.45, 7) is 5.47. The predicted octanol–water partition coefficient (Wildman–Crippen LogP) is 1.43. The molecular weight excluding hydrogens is 352 g/mol. The average molecular weight is 375 g/mol. The van der Waals surface area contributed by atoms with Gasteiger partial charge in [0.15, 0.2) is 0 Å². The molecule has 138 valence electrons. The normalized spacial score (nSPS) is 18.0. The van der Waals surface area contributed by atoms with E-state index in [0.717, 1.165) is 57.1 Å². The fourth-order valence-electron chi connectivity index (χ4n) is 3.17. The van der Waals surface area contributed by atoms with Crippen LogP contribution < -0.4 is 10.6 Å². The third-order valence-corrected chi connectivity index (χ3v) is 5.10. The van der Waals surface area contributed by atoms with E-state index in [1.807, 2.05) is 24.3 Å². The lowest BCUT2D eigenvalue weighted by molar-refractivity contribution is 0.0937. The molecule has 1 aromatic heterocycles. The van der Waals surface area contributed by atoms with Crippen LogP contribution in [0.15, 0.2) is 24.3 Å². The van der Waals surface area contributed by atoms with Gasteiger partial charge < -0.3 is 10.6 Å². The van der Waals surface area contributed by atoms with Crippen LogP contribution >= 0.6 is 11.6 Å². The highest BCUT2D eigenvalue weighted by atomic mass is 35.5. The fourth-order valence-corrected chi connectivity index (χ4v) is 3.38. The van der Waals surface area contributed by atoms with Crippen LogP contribution in [0.4, 0.5) is 0 Å². The minimum atomic E-state index is -0.229. The maximum Gasteiger partial charge on any atom is 0.291 e. The lowest BCUT2D eigenvalue weighted by atomic mass is 10.3. The number of halogens is 1. The number of nitrogens with zero attached hydrogens (tertiary/aromatic N) is 4. The number of aromatic nitrogens is 3. The highest BCUT2D eigenvalue weighted by Gasteiger charge is 2.32. The maximum atomic E-state index is 12.5. The monoisotopic (exact) mass is 374 g/mol. The number of hydrogen-bond donors (Lipinski definition) is 2. The van der Waals surface area contributed by atoms with Crippen molar-refractivity contribution in [2.24, 2.45) is 0 Å². The highest BCUT2D eigenvalue weighted by molar-refractivity contribution is 6.32. The first-order chi connectivity index (χ1) is 12.7. The smallest absolute Gasteiger partial charge is 0.291 e. The zero-order valence-electron chi connectivity index (χ0n) is 14.6. The van der Waals surface area contributed by atoms with Crippen molar-refractivity contribution in [3.63, 3.8) is 0 Å². The molecule has 1 amide bonds. The molecule has 1 aliphatic carbocycles. The average Bonchev–Trinajstić information content (AvgIpc) is 3.41. The van der Waals surface area contributed by atoms with Crippen molar-refractivity contribution in [2.75, 3.05) is 39.3 Å². The molecule has 2 N–H and O–H groups in total. The molecule has 7 nitrogen and oxygen atoms in total. The molecule has 2 aromatic rings. The van der Waals surface area contributed by atoms with E-state index in [1.165, 1.54) is 0 Å². The summed E-state index contributed by atoms with van der Waals surface area (Å²) in [6.07, 6.45) is 2.15. The Labute approximate surface area is 157 Å². The van der Waals surface area contributed by atoms with Crippen LogP contribution in [-0.2, 0) is 0 Å². The first-order valence-corrected chi connectivity index (χ1v) is 9.53. The third kappa shape index (κ3) is 3.90. The van der Waals surface area contributed by atoms with Crippen molar-refractivity contribution in [3.8, 4) is 5.69 Å². The third-order valence-electron chi connectivity index (χ3n) is 4.78. The topological polar surface area (TPSA) is 75.1 Å². The second-order valence-electron chi connectivity index (χ2n) is 6.78. The van der Waals surface area contributed by atoms with Crippen LogP contribution in [0.2, 0.25) is 5.02 Å². The van der Waals surface area contributed by atoms with Gasteiger partial charge in [-0.3, -0.25) is 9.69 Å². The van der Waals surface area contributed by atoms with E-state index >= 15 is 0 Å². The molecule has 26 heavy (non-hydrogen) atoms. The van der Waals surface area contributed by atoms with Crippen molar-refractivity contribution in [3.05, 3.63) is 40.9 Å². The summed E-state index contributed by atoms with van der Waals surface area (Å²) in [5.41, 5.74) is 0.767. The van der Waals surface area contributed by atoms with Gasteiger partial charge in [0.25, 0.3) is 5.91 Å². The van der Waals surface area contributed by atoms with Crippen molar-refractivity contribution in [1.82, 2.24) is 30.3 Å². The quantitative estimate of drug-likeness (QED) is 0.800. The Morgan fingerprint density at radius 1 is 1.27 bits per heavy atom. The molecular formula is C18H23ClN6O. The molecule has 4 rings (SSSR count). The Morgan fingerprint density at radius 2 is 2.04 bits per heavy atom. The largest absolute Gasteiger partial charge is 0.348 e. The number of piperazine rings is 1. The summed E-state index contributed by atoms with van der Waals surface area (Å²) < 4.78 is 1.73. The number of nitrogens with one attached hydrogen (secondary N) is 2. The van der Waals surface area contributed by atoms with Crippen molar-refractivity contribution in [1.29, 1.82) is 0 Å². The van der Waals surface area contributed by atoms with Crippen molar-refractivity contribution < 1.29 is 4.79 Å². The molecule has 0 atom stereocenters. The molecule has 8 heteroatoms. The summed E-state index contributed by atoms with van der Waals surface area (Å²) in [5, 5.41) is 11.3. The molecule has 1 aromatic carbocycles. The summed E-state index contributed by atoms with van der Waals surface area (Å²) in [6, 6.07) is 7.51. The van der Waals surface area contributed by atoms with E-state index in [0.29, 0.717) is 17.5 Å². The van der Waals surface area contributed by atoms with Gasteiger partial charge >= 0.3 is 0 Å². The number of rotatable bonds is 6. The van der Waals surface area contributed by atoms with Crippen LogP contribution in [0, 0.1) is 0 Å². The van der Waals surface area contributed by atoms with Gasteiger partial charge in [-0.25, -0.2) is 9.67 Å². The molecule has 2 fully saturated rings. The standard InChI is InChI=1S/C18H23ClN6O/c19-14-3-1-2-4-15(14)25-17(13-5-6-13)22-16(23-25)18(26)21-9-12-24-10-7-20-8-11-24/h1-4,13,20H,5-12H2,(H,21,26). The second kappa shape index (κ2) is 7.73. The van der Waals surface area contributed by atoms with Gasteiger partial charge in [0, 0.05) is 45.2 Å². The molecule has 1 saturated carbocycles. The minimum absolute atomic E-state index is 0.215. The molecule has 0 radical (unpaired) electrons. The zero-order chi connectivity index (χ0) is 17.9. The summed E-state index contributed by atoms with van der Waals surface area (Å²) in [7, 11) is 0. The van der Waals surface area contributed by atoms with Crippen LogP contribution in [0.1, 0.15) is 35.2 Å². The van der Waals surface area contributed by atoms with Crippen molar-refractivity contribution >= 4 is 17.5 Å². The molecule has 1 saturated heterocycles. The number of amides is 1. The van der Waals surface area contributed by atoms with E-state index in [4.69, 9.17) is 11.6 Å². The van der Waals surface area contributed by atoms with Gasteiger partial charge in [0.05, 0.1) is 10.7 Å². The lowest BCUT2D eigenvalue weighted by Gasteiger charge is -2.26. The molecule has 0 unspecified atom stereocenters. The maximum absolute atomic E-state index is 12.5. The van der Waals surface area contributed by atoms with Gasteiger partial charge in [0.1, 0.15) is 5.82 Å². The van der Waals surface area contributed by atoms with Gasteiger partial charge in [-0.15, -0.1) is 5.10 Å². The number of carbonyl (C=O) groups is 1. The number of para-hydroxylation sites is 1. The minimum Gasteiger partial charge on any atom is -0.348 e. The van der Waals surface area contributed by atoms with Crippen LogP contribution in [0.25, 0.3) is 5.69 Å².